The van der Waals surface area contributed by atoms with Crippen LogP contribution in [0, 0.1) is 6.92 Å². The molecular weight excluding hydrogens is 220 g/mol. The highest BCUT2D eigenvalue weighted by Gasteiger charge is 2.19. The molecule has 1 aromatic carbocycles. The van der Waals surface area contributed by atoms with E-state index < -0.39 is 5.60 Å². The molecule has 1 aromatic rings. The van der Waals surface area contributed by atoms with E-state index in [9.17, 15) is 5.11 Å². The second kappa shape index (κ2) is 5.46. The molecule has 0 aliphatic carbocycles. The Bertz CT molecular complexity index is 353. The average Bonchev–Trinajstić information content (AvgIpc) is 2.20. The van der Waals surface area contributed by atoms with Crippen molar-refractivity contribution in [3.8, 4) is 0 Å². The van der Waals surface area contributed by atoms with Gasteiger partial charge in [-0.1, -0.05) is 6.07 Å². The van der Waals surface area contributed by atoms with Crippen LogP contribution in [0.25, 0.3) is 0 Å². The number of hydrogen-bond acceptors (Lipinski definition) is 4. The largest absolute Gasteiger partial charge is 0.398 e. The molecule has 0 aliphatic rings. The van der Waals surface area contributed by atoms with E-state index >= 15 is 0 Å². The van der Waals surface area contributed by atoms with Gasteiger partial charge in [0, 0.05) is 23.7 Å². The number of anilines is 2. The topological polar surface area (TPSA) is 58.3 Å². The lowest BCUT2D eigenvalue weighted by molar-refractivity contribution is 0.0997. The number of nitrogens with one attached hydrogen (secondary N) is 1. The minimum Gasteiger partial charge on any atom is -0.398 e. The third-order valence-electron chi connectivity index (χ3n) is 2.49. The third kappa shape index (κ3) is 3.61. The van der Waals surface area contributed by atoms with Crippen LogP contribution in [0.15, 0.2) is 18.2 Å². The molecule has 4 N–H and O–H groups in total. The van der Waals surface area contributed by atoms with Crippen molar-refractivity contribution in [2.24, 2.45) is 0 Å². The Hall–Kier alpha value is -0.870. The Morgan fingerprint density at radius 1 is 1.50 bits per heavy atom. The molecule has 90 valence electrons. The van der Waals surface area contributed by atoms with Crippen LogP contribution in [0.3, 0.4) is 0 Å². The maximum Gasteiger partial charge on any atom is 0.0880 e. The molecule has 0 amide bonds. The quantitative estimate of drug-likeness (QED) is 0.690. The van der Waals surface area contributed by atoms with Gasteiger partial charge in [0.1, 0.15) is 0 Å². The summed E-state index contributed by atoms with van der Waals surface area (Å²) in [5.41, 5.74) is 7.90. The fourth-order valence-electron chi connectivity index (χ4n) is 1.49. The molecule has 0 aromatic heterocycles. The molecule has 0 heterocycles. The number of hydrogen-bond donors (Lipinski definition) is 3. The normalized spacial score (nSPS) is 14.5. The van der Waals surface area contributed by atoms with E-state index in [1.54, 1.807) is 11.8 Å². The molecule has 0 radical (unpaired) electrons. The number of nitrogen functional groups attached to an aromatic ring is 1. The molecule has 1 atom stereocenters. The molecule has 1 rings (SSSR count). The Balaban J connectivity index is 2.64. The molecule has 0 saturated carbocycles. The molecule has 0 aliphatic heterocycles. The van der Waals surface area contributed by atoms with E-state index in [0.717, 1.165) is 16.9 Å². The summed E-state index contributed by atoms with van der Waals surface area (Å²) in [6.07, 6.45) is 1.99. The van der Waals surface area contributed by atoms with Crippen molar-refractivity contribution in [1.82, 2.24) is 0 Å². The molecule has 3 nitrogen and oxygen atoms in total. The Morgan fingerprint density at radius 2 is 2.19 bits per heavy atom. The van der Waals surface area contributed by atoms with Crippen molar-refractivity contribution in [3.05, 3.63) is 23.8 Å². The Morgan fingerprint density at radius 3 is 2.81 bits per heavy atom. The first-order chi connectivity index (χ1) is 7.46. The van der Waals surface area contributed by atoms with Gasteiger partial charge in [0.2, 0.25) is 0 Å². The first kappa shape index (κ1) is 13.2. The fraction of sp³-hybridized carbons (Fsp3) is 0.500. The maximum absolute atomic E-state index is 10.0. The number of rotatable bonds is 5. The van der Waals surface area contributed by atoms with Gasteiger partial charge in [0.15, 0.2) is 0 Å². The molecule has 0 fully saturated rings. The minimum atomic E-state index is -0.698. The lowest BCUT2D eigenvalue weighted by Crippen LogP contribution is -2.36. The van der Waals surface area contributed by atoms with Crippen LogP contribution in [0.1, 0.15) is 12.5 Å². The smallest absolute Gasteiger partial charge is 0.0880 e. The van der Waals surface area contributed by atoms with E-state index in [1.165, 1.54) is 0 Å². The van der Waals surface area contributed by atoms with Crippen LogP contribution in [0.4, 0.5) is 11.4 Å². The highest BCUT2D eigenvalue weighted by molar-refractivity contribution is 7.98. The zero-order chi connectivity index (χ0) is 12.2. The molecule has 4 heteroatoms. The van der Waals surface area contributed by atoms with Gasteiger partial charge in [-0.3, -0.25) is 0 Å². The zero-order valence-electron chi connectivity index (χ0n) is 10.1. The van der Waals surface area contributed by atoms with Crippen LogP contribution in [0.2, 0.25) is 0 Å². The van der Waals surface area contributed by atoms with Gasteiger partial charge in [-0.25, -0.2) is 0 Å². The Kier molecular flexibility index (Phi) is 4.50. The van der Waals surface area contributed by atoms with E-state index in [-0.39, 0.29) is 0 Å². The fourth-order valence-corrected chi connectivity index (χ4v) is 2.22. The van der Waals surface area contributed by atoms with Crippen LogP contribution < -0.4 is 11.1 Å². The SMILES string of the molecule is CSCC(C)(O)CNc1cccc(N)c1C. The summed E-state index contributed by atoms with van der Waals surface area (Å²) in [6.45, 7) is 4.33. The predicted octanol–water partition coefficient (Wildman–Crippen LogP) is 2.10. The first-order valence-electron chi connectivity index (χ1n) is 5.26. The number of benzene rings is 1. The lowest BCUT2D eigenvalue weighted by atomic mass is 10.1. The van der Waals surface area contributed by atoms with E-state index in [1.807, 2.05) is 38.3 Å². The van der Waals surface area contributed by atoms with Gasteiger partial charge in [0.25, 0.3) is 0 Å². The van der Waals surface area contributed by atoms with Gasteiger partial charge < -0.3 is 16.2 Å². The van der Waals surface area contributed by atoms with E-state index in [0.29, 0.717) is 12.3 Å². The minimum absolute atomic E-state index is 0.526. The van der Waals surface area contributed by atoms with Crippen LogP contribution in [-0.4, -0.2) is 29.3 Å². The van der Waals surface area contributed by atoms with Crippen molar-refractivity contribution in [1.29, 1.82) is 0 Å². The summed E-state index contributed by atoms with van der Waals surface area (Å²) in [6, 6.07) is 5.76. The summed E-state index contributed by atoms with van der Waals surface area (Å²) in [5.74, 6) is 0.710. The maximum atomic E-state index is 10.0. The van der Waals surface area contributed by atoms with E-state index in [2.05, 4.69) is 5.32 Å². The van der Waals surface area contributed by atoms with Gasteiger partial charge in [0.05, 0.1) is 5.60 Å². The molecule has 0 bridgehead atoms. The van der Waals surface area contributed by atoms with Gasteiger partial charge >= 0.3 is 0 Å². The second-order valence-electron chi connectivity index (χ2n) is 4.30. The third-order valence-corrected chi connectivity index (χ3v) is 3.40. The number of aliphatic hydroxyl groups is 1. The molecule has 16 heavy (non-hydrogen) atoms. The predicted molar refractivity (Wildman–Crippen MR) is 73.1 cm³/mol. The molecule has 1 unspecified atom stereocenters. The van der Waals surface area contributed by atoms with Gasteiger partial charge in [-0.2, -0.15) is 11.8 Å². The second-order valence-corrected chi connectivity index (χ2v) is 5.17. The lowest BCUT2D eigenvalue weighted by Gasteiger charge is -2.24. The highest BCUT2D eigenvalue weighted by Crippen LogP contribution is 2.21. The molecular formula is C12H20N2OS. The summed E-state index contributed by atoms with van der Waals surface area (Å²) in [7, 11) is 0. The molecule has 0 saturated heterocycles. The van der Waals surface area contributed by atoms with Crippen molar-refractivity contribution >= 4 is 23.1 Å². The van der Waals surface area contributed by atoms with Crippen molar-refractivity contribution in [3.63, 3.8) is 0 Å². The van der Waals surface area contributed by atoms with Gasteiger partial charge in [-0.05, 0) is 37.8 Å². The zero-order valence-corrected chi connectivity index (χ0v) is 10.9. The van der Waals surface area contributed by atoms with Crippen LogP contribution in [-0.2, 0) is 0 Å². The van der Waals surface area contributed by atoms with E-state index in [4.69, 9.17) is 5.73 Å². The highest BCUT2D eigenvalue weighted by atomic mass is 32.2. The first-order valence-corrected chi connectivity index (χ1v) is 6.66. The number of thioether (sulfide) groups is 1. The Labute approximate surface area is 101 Å². The monoisotopic (exact) mass is 240 g/mol. The van der Waals surface area contributed by atoms with Crippen molar-refractivity contribution in [2.45, 2.75) is 19.4 Å². The summed E-state index contributed by atoms with van der Waals surface area (Å²) >= 11 is 1.64. The number of nitrogens with two attached hydrogens (primary N) is 1. The summed E-state index contributed by atoms with van der Waals surface area (Å²) in [4.78, 5) is 0. The summed E-state index contributed by atoms with van der Waals surface area (Å²) in [5, 5.41) is 13.3. The van der Waals surface area contributed by atoms with Gasteiger partial charge in [-0.15, -0.1) is 0 Å². The molecule has 0 spiro atoms. The average molecular weight is 240 g/mol. The van der Waals surface area contributed by atoms with Crippen molar-refractivity contribution < 1.29 is 5.11 Å². The standard InChI is InChI=1S/C12H20N2OS/c1-9-10(13)5-4-6-11(9)14-7-12(2,15)8-16-3/h4-6,14-15H,7-8,13H2,1-3H3. The van der Waals surface area contributed by atoms with Crippen molar-refractivity contribution in [2.75, 3.05) is 29.6 Å². The summed E-state index contributed by atoms with van der Waals surface area (Å²) < 4.78 is 0. The van der Waals surface area contributed by atoms with Crippen LogP contribution >= 0.6 is 11.8 Å². The van der Waals surface area contributed by atoms with Crippen LogP contribution in [0.5, 0.6) is 0 Å².